The van der Waals surface area contributed by atoms with Crippen molar-refractivity contribution in [3.63, 3.8) is 0 Å². The summed E-state index contributed by atoms with van der Waals surface area (Å²) in [5.41, 5.74) is 2.14. The molecule has 0 saturated heterocycles. The van der Waals surface area contributed by atoms with E-state index < -0.39 is 0 Å². The second-order valence-electron chi connectivity index (χ2n) is 7.10. The molecule has 7 nitrogen and oxygen atoms in total. The van der Waals surface area contributed by atoms with Crippen LogP contribution in [0.4, 0.5) is 0 Å². The lowest BCUT2D eigenvalue weighted by Gasteiger charge is -2.14. The minimum Gasteiger partial charge on any atom is -0.504 e. The van der Waals surface area contributed by atoms with E-state index in [9.17, 15) is 9.90 Å². The normalized spacial score (nSPS) is 14.9. The Morgan fingerprint density at radius 2 is 1.87 bits per heavy atom. The number of benzene rings is 2. The summed E-state index contributed by atoms with van der Waals surface area (Å²) in [6.07, 6.45) is 0.367. The van der Waals surface area contributed by atoms with Crippen LogP contribution < -0.4 is 24.4 Å². The third-order valence-corrected chi connectivity index (χ3v) is 5.22. The van der Waals surface area contributed by atoms with Gasteiger partial charge >= 0.3 is 0 Å². The van der Waals surface area contributed by atoms with Crippen molar-refractivity contribution in [3.8, 4) is 40.1 Å². The molecule has 2 heterocycles. The lowest BCUT2D eigenvalue weighted by atomic mass is 10.0. The monoisotopic (exact) mass is 410 g/mol. The van der Waals surface area contributed by atoms with Crippen LogP contribution in [-0.2, 0) is 6.42 Å². The Kier molecular flexibility index (Phi) is 4.81. The van der Waals surface area contributed by atoms with Gasteiger partial charge in [-0.3, -0.25) is 4.79 Å². The molecule has 1 aliphatic heterocycles. The predicted octanol–water partition coefficient (Wildman–Crippen LogP) is 4.07. The first kappa shape index (κ1) is 19.7. The van der Waals surface area contributed by atoms with Crippen molar-refractivity contribution in [2.24, 2.45) is 0 Å². The highest BCUT2D eigenvalue weighted by atomic mass is 16.5. The molecule has 1 unspecified atom stereocenters. The maximum atomic E-state index is 13.4. The zero-order valence-electron chi connectivity index (χ0n) is 17.2. The quantitative estimate of drug-likeness (QED) is 0.635. The molecule has 0 amide bonds. The van der Waals surface area contributed by atoms with E-state index in [-0.39, 0.29) is 39.9 Å². The summed E-state index contributed by atoms with van der Waals surface area (Å²) in [7, 11) is 4.35. The van der Waals surface area contributed by atoms with Crippen molar-refractivity contribution in [1.82, 2.24) is 0 Å². The van der Waals surface area contributed by atoms with Gasteiger partial charge in [0, 0.05) is 23.6 Å². The van der Waals surface area contributed by atoms with Gasteiger partial charge in [0.2, 0.25) is 11.2 Å². The Morgan fingerprint density at radius 1 is 1.13 bits per heavy atom. The van der Waals surface area contributed by atoms with Crippen LogP contribution in [0.1, 0.15) is 12.5 Å². The molecule has 1 aliphatic rings. The Balaban J connectivity index is 2.01. The third kappa shape index (κ3) is 2.94. The molecule has 1 aromatic heterocycles. The van der Waals surface area contributed by atoms with E-state index in [1.54, 1.807) is 18.2 Å². The second kappa shape index (κ2) is 7.33. The molecule has 0 spiro atoms. The van der Waals surface area contributed by atoms with E-state index in [1.807, 2.05) is 6.92 Å². The van der Waals surface area contributed by atoms with Crippen LogP contribution in [0.15, 0.2) is 45.6 Å². The number of methoxy groups -OCH3 is 3. The molecule has 1 N–H and O–H groups in total. The maximum absolute atomic E-state index is 13.4. The molecule has 7 heteroatoms. The summed E-state index contributed by atoms with van der Waals surface area (Å²) in [5, 5.41) is 10.2. The Hall–Kier alpha value is -3.61. The number of phenolic OH excluding ortho intramolecular Hbond substituents is 1. The van der Waals surface area contributed by atoms with E-state index in [1.165, 1.54) is 27.4 Å². The standard InChI is InChI=1S/C23H22O7/c1-11(2)15-9-13-16(29-15)10-18-19(22(13)27-4)20(25)23(28-5)21(30-18)12-6-7-14(24)17(8-12)26-3/h6-8,10,15,24H,1,9H2,2-5H3. The average molecular weight is 410 g/mol. The summed E-state index contributed by atoms with van der Waals surface area (Å²) >= 11 is 0. The zero-order chi connectivity index (χ0) is 21.6. The van der Waals surface area contributed by atoms with Gasteiger partial charge in [-0.2, -0.15) is 0 Å². The number of hydrogen-bond donors (Lipinski definition) is 1. The van der Waals surface area contributed by atoms with Gasteiger partial charge in [-0.05, 0) is 30.7 Å². The summed E-state index contributed by atoms with van der Waals surface area (Å²) in [6.45, 7) is 5.86. The molecule has 156 valence electrons. The van der Waals surface area contributed by atoms with Gasteiger partial charge < -0.3 is 28.5 Å². The van der Waals surface area contributed by atoms with Crippen LogP contribution in [0.3, 0.4) is 0 Å². The van der Waals surface area contributed by atoms with Crippen LogP contribution in [0.2, 0.25) is 0 Å². The molecular weight excluding hydrogens is 388 g/mol. The maximum Gasteiger partial charge on any atom is 0.239 e. The van der Waals surface area contributed by atoms with Crippen LogP contribution >= 0.6 is 0 Å². The Morgan fingerprint density at radius 3 is 2.50 bits per heavy atom. The molecule has 2 aromatic carbocycles. The van der Waals surface area contributed by atoms with Crippen molar-refractivity contribution in [2.45, 2.75) is 19.4 Å². The average Bonchev–Trinajstić information content (AvgIpc) is 3.16. The van der Waals surface area contributed by atoms with Crippen LogP contribution in [0, 0.1) is 0 Å². The van der Waals surface area contributed by atoms with E-state index in [4.69, 9.17) is 23.4 Å². The van der Waals surface area contributed by atoms with Gasteiger partial charge in [0.15, 0.2) is 17.3 Å². The van der Waals surface area contributed by atoms with Crippen LogP contribution in [0.25, 0.3) is 22.3 Å². The molecule has 0 bridgehead atoms. The zero-order valence-corrected chi connectivity index (χ0v) is 17.2. The van der Waals surface area contributed by atoms with Crippen molar-refractivity contribution < 1.29 is 28.5 Å². The number of aromatic hydroxyl groups is 1. The second-order valence-corrected chi connectivity index (χ2v) is 7.10. The molecule has 0 aliphatic carbocycles. The minimum absolute atomic E-state index is 0.0259. The van der Waals surface area contributed by atoms with Gasteiger partial charge in [0.1, 0.15) is 28.6 Å². The van der Waals surface area contributed by atoms with Crippen LogP contribution in [0.5, 0.6) is 28.7 Å². The fourth-order valence-corrected chi connectivity index (χ4v) is 3.69. The van der Waals surface area contributed by atoms with Crippen molar-refractivity contribution in [3.05, 3.63) is 52.2 Å². The first-order chi connectivity index (χ1) is 14.4. The first-order valence-electron chi connectivity index (χ1n) is 9.33. The molecule has 4 rings (SSSR count). The topological polar surface area (TPSA) is 87.4 Å². The molecule has 0 saturated carbocycles. The summed E-state index contributed by atoms with van der Waals surface area (Å²) in [6, 6.07) is 6.34. The highest BCUT2D eigenvalue weighted by molar-refractivity contribution is 5.91. The third-order valence-electron chi connectivity index (χ3n) is 5.22. The fraction of sp³-hybridized carbons (Fsp3) is 0.261. The SMILES string of the molecule is C=C(C)C1Cc2c(cc3oc(-c4ccc(O)c(OC)c4)c(OC)c(=O)c3c2OC)O1. The number of hydrogen-bond acceptors (Lipinski definition) is 7. The van der Waals surface area contributed by atoms with E-state index >= 15 is 0 Å². The van der Waals surface area contributed by atoms with Gasteiger partial charge in [-0.15, -0.1) is 0 Å². The lowest BCUT2D eigenvalue weighted by molar-refractivity contribution is 0.271. The fourth-order valence-electron chi connectivity index (χ4n) is 3.69. The van der Waals surface area contributed by atoms with Crippen LogP contribution in [-0.4, -0.2) is 32.5 Å². The Labute approximate surface area is 173 Å². The summed E-state index contributed by atoms with van der Waals surface area (Å²) < 4.78 is 28.3. The van der Waals surface area contributed by atoms with Gasteiger partial charge in [0.05, 0.1) is 21.3 Å². The smallest absolute Gasteiger partial charge is 0.239 e. The van der Waals surface area contributed by atoms with Crippen molar-refractivity contribution in [2.75, 3.05) is 21.3 Å². The predicted molar refractivity (Wildman–Crippen MR) is 112 cm³/mol. The van der Waals surface area contributed by atoms with E-state index in [0.717, 1.165) is 11.1 Å². The summed E-state index contributed by atoms with van der Waals surface area (Å²) in [5.74, 6) is 1.47. The van der Waals surface area contributed by atoms with E-state index in [2.05, 4.69) is 6.58 Å². The van der Waals surface area contributed by atoms with Gasteiger partial charge in [0.25, 0.3) is 0 Å². The molecule has 1 atom stereocenters. The number of phenols is 1. The molecular formula is C23H22O7. The molecule has 30 heavy (non-hydrogen) atoms. The highest BCUT2D eigenvalue weighted by Gasteiger charge is 2.31. The van der Waals surface area contributed by atoms with Crippen molar-refractivity contribution >= 4 is 11.0 Å². The number of fused-ring (bicyclic) bond motifs is 2. The molecule has 3 aromatic rings. The lowest BCUT2D eigenvalue weighted by Crippen LogP contribution is -2.13. The highest BCUT2D eigenvalue weighted by Crippen LogP contribution is 2.44. The van der Waals surface area contributed by atoms with Gasteiger partial charge in [-0.25, -0.2) is 0 Å². The molecule has 0 fully saturated rings. The Bertz CT molecular complexity index is 1220. The minimum atomic E-state index is -0.362. The van der Waals surface area contributed by atoms with Crippen molar-refractivity contribution in [1.29, 1.82) is 0 Å². The van der Waals surface area contributed by atoms with Gasteiger partial charge in [-0.1, -0.05) is 6.58 Å². The summed E-state index contributed by atoms with van der Waals surface area (Å²) in [4.78, 5) is 13.4. The first-order valence-corrected chi connectivity index (χ1v) is 9.33. The number of ether oxygens (including phenoxy) is 4. The van der Waals surface area contributed by atoms with E-state index in [0.29, 0.717) is 29.1 Å². The molecule has 0 radical (unpaired) electrons. The number of rotatable bonds is 5. The largest absolute Gasteiger partial charge is 0.504 e.